The maximum atomic E-state index is 12.5. The summed E-state index contributed by atoms with van der Waals surface area (Å²) in [6, 6.07) is 13.3. The van der Waals surface area contributed by atoms with E-state index in [4.69, 9.17) is 0 Å². The van der Waals surface area contributed by atoms with Crippen LogP contribution in [-0.2, 0) is 10.3 Å². The molecule has 0 saturated carbocycles. The minimum Gasteiger partial charge on any atom is -0.357 e. The molecule has 1 atom stereocenters. The van der Waals surface area contributed by atoms with Gasteiger partial charge in [0, 0.05) is 7.05 Å². The highest BCUT2D eigenvalue weighted by Gasteiger charge is 2.27. The lowest BCUT2D eigenvalue weighted by Gasteiger charge is -2.29. The Labute approximate surface area is 149 Å². The standard InChI is InChI=1S/C20H27N3O2/c1-5-9-17(18(24)21-4)22-19(25)23-20(2,3)16-13-8-11-14-10-6-7-12-15(14)16/h6-8,10-13,17H,5,9H2,1-4H3,(H,21,24)(H2,22,23,25)/t17-/m1/s1. The van der Waals surface area contributed by atoms with Crippen LogP contribution in [0.25, 0.3) is 10.8 Å². The number of hydrogen-bond donors (Lipinski definition) is 3. The highest BCUT2D eigenvalue weighted by atomic mass is 16.2. The molecule has 0 unspecified atom stereocenters. The molecule has 0 aliphatic heterocycles. The van der Waals surface area contributed by atoms with Gasteiger partial charge in [0.25, 0.3) is 0 Å². The minimum atomic E-state index is -0.579. The smallest absolute Gasteiger partial charge is 0.316 e. The summed E-state index contributed by atoms with van der Waals surface area (Å²) in [4.78, 5) is 24.4. The third-order valence-corrected chi connectivity index (χ3v) is 4.33. The summed E-state index contributed by atoms with van der Waals surface area (Å²) in [5.41, 5.74) is 0.456. The van der Waals surface area contributed by atoms with E-state index in [1.165, 1.54) is 0 Å². The molecule has 0 fully saturated rings. The van der Waals surface area contributed by atoms with Gasteiger partial charge in [-0.15, -0.1) is 0 Å². The fraction of sp³-hybridized carbons (Fsp3) is 0.400. The fourth-order valence-electron chi connectivity index (χ4n) is 3.05. The average molecular weight is 341 g/mol. The summed E-state index contributed by atoms with van der Waals surface area (Å²) in [6.45, 7) is 5.90. The Bertz CT molecular complexity index is 750. The first-order valence-corrected chi connectivity index (χ1v) is 8.67. The second-order valence-corrected chi connectivity index (χ2v) is 6.71. The average Bonchev–Trinajstić information content (AvgIpc) is 2.59. The molecule has 0 aliphatic rings. The van der Waals surface area contributed by atoms with E-state index in [2.05, 4.69) is 34.1 Å². The minimum absolute atomic E-state index is 0.181. The molecule has 3 N–H and O–H groups in total. The maximum absolute atomic E-state index is 12.5. The van der Waals surface area contributed by atoms with Gasteiger partial charge in [-0.05, 0) is 36.6 Å². The first-order chi connectivity index (χ1) is 11.9. The molecule has 5 heteroatoms. The van der Waals surface area contributed by atoms with Gasteiger partial charge in [-0.2, -0.15) is 0 Å². The number of benzene rings is 2. The Morgan fingerprint density at radius 3 is 2.44 bits per heavy atom. The number of rotatable bonds is 6. The molecule has 0 spiro atoms. The zero-order valence-electron chi connectivity index (χ0n) is 15.3. The Morgan fingerprint density at radius 1 is 1.08 bits per heavy atom. The van der Waals surface area contributed by atoms with Gasteiger partial charge < -0.3 is 16.0 Å². The van der Waals surface area contributed by atoms with Crippen LogP contribution in [0.1, 0.15) is 39.2 Å². The molecular weight excluding hydrogens is 314 g/mol. The number of carbonyl (C=O) groups is 2. The normalized spacial score (nSPS) is 12.5. The van der Waals surface area contributed by atoms with Crippen LogP contribution in [0, 0.1) is 0 Å². The first-order valence-electron chi connectivity index (χ1n) is 8.67. The van der Waals surface area contributed by atoms with Crippen LogP contribution in [0.15, 0.2) is 42.5 Å². The van der Waals surface area contributed by atoms with Gasteiger partial charge in [0.1, 0.15) is 6.04 Å². The molecule has 134 valence electrons. The van der Waals surface area contributed by atoms with Crippen molar-refractivity contribution in [2.45, 2.75) is 45.2 Å². The number of fused-ring (bicyclic) bond motifs is 1. The molecule has 2 aromatic carbocycles. The van der Waals surface area contributed by atoms with E-state index in [9.17, 15) is 9.59 Å². The topological polar surface area (TPSA) is 70.2 Å². The number of hydrogen-bond acceptors (Lipinski definition) is 2. The van der Waals surface area contributed by atoms with Crippen molar-refractivity contribution in [1.29, 1.82) is 0 Å². The van der Waals surface area contributed by atoms with Gasteiger partial charge in [-0.25, -0.2) is 4.79 Å². The van der Waals surface area contributed by atoms with Gasteiger partial charge in [0.15, 0.2) is 0 Å². The largest absolute Gasteiger partial charge is 0.357 e. The molecule has 2 aromatic rings. The summed E-state index contributed by atoms with van der Waals surface area (Å²) in [7, 11) is 1.57. The van der Waals surface area contributed by atoms with Crippen molar-refractivity contribution in [3.05, 3.63) is 48.0 Å². The number of urea groups is 1. The quantitative estimate of drug-likeness (QED) is 0.754. The number of amides is 3. The van der Waals surface area contributed by atoms with E-state index < -0.39 is 11.6 Å². The van der Waals surface area contributed by atoms with Gasteiger partial charge >= 0.3 is 6.03 Å². The van der Waals surface area contributed by atoms with E-state index in [0.717, 1.165) is 22.8 Å². The predicted molar refractivity (Wildman–Crippen MR) is 101 cm³/mol. The molecule has 0 saturated heterocycles. The molecule has 3 amide bonds. The van der Waals surface area contributed by atoms with Crippen LogP contribution < -0.4 is 16.0 Å². The molecule has 0 radical (unpaired) electrons. The highest BCUT2D eigenvalue weighted by Crippen LogP contribution is 2.28. The van der Waals surface area contributed by atoms with Crippen molar-refractivity contribution in [3.63, 3.8) is 0 Å². The van der Waals surface area contributed by atoms with Gasteiger partial charge in [0.05, 0.1) is 5.54 Å². The highest BCUT2D eigenvalue weighted by molar-refractivity contribution is 5.89. The maximum Gasteiger partial charge on any atom is 0.316 e. The second kappa shape index (κ2) is 8.01. The van der Waals surface area contributed by atoms with E-state index >= 15 is 0 Å². The Kier molecular flexibility index (Phi) is 6.02. The van der Waals surface area contributed by atoms with Gasteiger partial charge in [-0.1, -0.05) is 55.8 Å². The molecule has 0 heterocycles. The number of nitrogens with one attached hydrogen (secondary N) is 3. The Morgan fingerprint density at radius 2 is 1.76 bits per heavy atom. The van der Waals surface area contributed by atoms with E-state index in [1.54, 1.807) is 7.05 Å². The third-order valence-electron chi connectivity index (χ3n) is 4.33. The molecule has 0 aromatic heterocycles. The van der Waals surface area contributed by atoms with Crippen molar-refractivity contribution in [2.24, 2.45) is 0 Å². The van der Waals surface area contributed by atoms with Crippen LogP contribution in [0.2, 0.25) is 0 Å². The molecule has 5 nitrogen and oxygen atoms in total. The molecular formula is C20H27N3O2. The van der Waals surface area contributed by atoms with Crippen LogP contribution >= 0.6 is 0 Å². The van der Waals surface area contributed by atoms with Crippen LogP contribution in [0.5, 0.6) is 0 Å². The predicted octanol–water partition coefficient (Wildman–Crippen LogP) is 3.29. The van der Waals surface area contributed by atoms with E-state index in [-0.39, 0.29) is 11.9 Å². The van der Waals surface area contributed by atoms with Crippen LogP contribution in [0.3, 0.4) is 0 Å². The van der Waals surface area contributed by atoms with Gasteiger partial charge in [0.2, 0.25) is 5.91 Å². The molecule has 0 bridgehead atoms. The van der Waals surface area contributed by atoms with Crippen molar-refractivity contribution >= 4 is 22.7 Å². The zero-order valence-corrected chi connectivity index (χ0v) is 15.3. The van der Waals surface area contributed by atoms with Crippen LogP contribution in [0.4, 0.5) is 4.79 Å². The lowest BCUT2D eigenvalue weighted by atomic mass is 9.89. The number of carbonyl (C=O) groups excluding carboxylic acids is 2. The summed E-state index contributed by atoms with van der Waals surface area (Å²) < 4.78 is 0. The SMILES string of the molecule is CCC[C@@H](NC(=O)NC(C)(C)c1cccc2ccccc12)C(=O)NC. The van der Waals surface area contributed by atoms with Crippen molar-refractivity contribution in [3.8, 4) is 0 Å². The van der Waals surface area contributed by atoms with E-state index in [0.29, 0.717) is 6.42 Å². The Hall–Kier alpha value is -2.56. The summed E-state index contributed by atoms with van der Waals surface area (Å²) in [5, 5.41) is 10.6. The monoisotopic (exact) mass is 341 g/mol. The van der Waals surface area contributed by atoms with Crippen molar-refractivity contribution in [2.75, 3.05) is 7.05 Å². The lowest BCUT2D eigenvalue weighted by Crippen LogP contribution is -2.53. The fourth-order valence-corrected chi connectivity index (χ4v) is 3.05. The molecule has 2 rings (SSSR count). The summed E-state index contributed by atoms with van der Waals surface area (Å²) >= 11 is 0. The van der Waals surface area contributed by atoms with Crippen LogP contribution in [-0.4, -0.2) is 25.0 Å². The molecule has 25 heavy (non-hydrogen) atoms. The first kappa shape index (κ1) is 18.8. The third kappa shape index (κ3) is 4.50. The Balaban J connectivity index is 2.19. The zero-order chi connectivity index (χ0) is 18.4. The van der Waals surface area contributed by atoms with Gasteiger partial charge in [-0.3, -0.25) is 4.79 Å². The van der Waals surface area contributed by atoms with Crippen molar-refractivity contribution in [1.82, 2.24) is 16.0 Å². The second-order valence-electron chi connectivity index (χ2n) is 6.71. The number of likely N-dealkylation sites (N-methyl/N-ethyl adjacent to an activating group) is 1. The van der Waals surface area contributed by atoms with E-state index in [1.807, 2.05) is 45.0 Å². The summed E-state index contributed by atoms with van der Waals surface area (Å²) in [5.74, 6) is -0.181. The lowest BCUT2D eigenvalue weighted by molar-refractivity contribution is -0.122. The summed E-state index contributed by atoms with van der Waals surface area (Å²) in [6.07, 6.45) is 1.41. The van der Waals surface area contributed by atoms with Crippen molar-refractivity contribution < 1.29 is 9.59 Å². The molecule has 0 aliphatic carbocycles.